The van der Waals surface area contributed by atoms with Crippen molar-refractivity contribution >= 4 is 0 Å². The van der Waals surface area contributed by atoms with Gasteiger partial charge < -0.3 is 9.84 Å². The molecule has 2 rings (SSSR count). The second-order valence-electron chi connectivity index (χ2n) is 4.23. The van der Waals surface area contributed by atoms with E-state index in [4.69, 9.17) is 4.74 Å². The predicted octanol–water partition coefficient (Wildman–Crippen LogP) is 0.620. The summed E-state index contributed by atoms with van der Waals surface area (Å²) in [6.07, 6.45) is 3.22. The molecule has 0 spiro atoms. The first-order valence-electron chi connectivity index (χ1n) is 5.30. The quantitative estimate of drug-likeness (QED) is 0.650. The zero-order valence-corrected chi connectivity index (χ0v) is 8.28. The van der Waals surface area contributed by atoms with Crippen molar-refractivity contribution in [2.75, 3.05) is 19.8 Å². The van der Waals surface area contributed by atoms with Gasteiger partial charge in [-0.1, -0.05) is 0 Å². The van der Waals surface area contributed by atoms with Crippen LogP contribution in [0.5, 0.6) is 0 Å². The van der Waals surface area contributed by atoms with Gasteiger partial charge in [0.25, 0.3) is 0 Å². The molecule has 0 bridgehead atoms. The number of aliphatic hydroxyl groups excluding tert-OH is 1. The lowest BCUT2D eigenvalue weighted by Gasteiger charge is -2.39. The third-order valence-electron chi connectivity index (χ3n) is 3.29. The number of hydrogen-bond acceptors (Lipinski definition) is 3. The van der Waals surface area contributed by atoms with Crippen LogP contribution in [0.15, 0.2) is 0 Å². The maximum absolute atomic E-state index is 9.78. The normalized spacial score (nSPS) is 42.5. The van der Waals surface area contributed by atoms with Gasteiger partial charge in [0, 0.05) is 18.6 Å². The van der Waals surface area contributed by atoms with Crippen LogP contribution in [0.3, 0.4) is 0 Å². The Bertz CT molecular complexity index is 174. The molecule has 2 aliphatic rings. The Kier molecular flexibility index (Phi) is 2.86. The number of hydrogen-bond donors (Lipinski definition) is 1. The second kappa shape index (κ2) is 3.95. The lowest BCUT2D eigenvalue weighted by Crippen LogP contribution is -2.51. The minimum Gasteiger partial charge on any atom is -0.391 e. The maximum atomic E-state index is 9.78. The Hall–Kier alpha value is -0.120. The van der Waals surface area contributed by atoms with Crippen molar-refractivity contribution in [2.24, 2.45) is 0 Å². The van der Waals surface area contributed by atoms with E-state index in [1.807, 2.05) is 0 Å². The highest BCUT2D eigenvalue weighted by Crippen LogP contribution is 2.26. The number of ether oxygens (including phenoxy) is 1. The topological polar surface area (TPSA) is 32.7 Å². The molecule has 13 heavy (non-hydrogen) atoms. The van der Waals surface area contributed by atoms with Crippen LogP contribution >= 0.6 is 0 Å². The summed E-state index contributed by atoms with van der Waals surface area (Å²) < 4.78 is 5.38. The molecule has 3 atom stereocenters. The van der Waals surface area contributed by atoms with Gasteiger partial charge in [0.2, 0.25) is 0 Å². The number of morpholine rings is 1. The van der Waals surface area contributed by atoms with Crippen molar-refractivity contribution in [1.29, 1.82) is 0 Å². The van der Waals surface area contributed by atoms with Crippen LogP contribution in [0.4, 0.5) is 0 Å². The first-order valence-corrected chi connectivity index (χ1v) is 5.30. The van der Waals surface area contributed by atoms with Gasteiger partial charge in [0.1, 0.15) is 0 Å². The molecule has 3 heteroatoms. The Morgan fingerprint density at radius 1 is 1.38 bits per heavy atom. The van der Waals surface area contributed by atoms with Crippen LogP contribution in [0, 0.1) is 0 Å². The van der Waals surface area contributed by atoms with Crippen molar-refractivity contribution in [3.63, 3.8) is 0 Å². The fraction of sp³-hybridized carbons (Fsp3) is 1.00. The molecule has 1 saturated carbocycles. The lowest BCUT2D eigenvalue weighted by molar-refractivity contribution is -0.0448. The van der Waals surface area contributed by atoms with Crippen molar-refractivity contribution in [3.8, 4) is 0 Å². The number of rotatable bonds is 1. The van der Waals surface area contributed by atoms with Gasteiger partial charge in [0.15, 0.2) is 0 Å². The Labute approximate surface area is 79.7 Å². The van der Waals surface area contributed by atoms with Crippen molar-refractivity contribution in [3.05, 3.63) is 0 Å². The zero-order valence-electron chi connectivity index (χ0n) is 8.28. The van der Waals surface area contributed by atoms with E-state index in [0.717, 1.165) is 32.6 Å². The van der Waals surface area contributed by atoms with Crippen LogP contribution in [-0.4, -0.2) is 48.0 Å². The smallest absolute Gasteiger partial charge is 0.0695 e. The van der Waals surface area contributed by atoms with E-state index in [1.54, 1.807) is 0 Å². The van der Waals surface area contributed by atoms with Gasteiger partial charge in [-0.05, 0) is 26.2 Å². The number of nitrogens with zero attached hydrogens (tertiary/aromatic N) is 1. The lowest BCUT2D eigenvalue weighted by atomic mass is 10.1. The average molecular weight is 185 g/mol. The molecule has 0 aromatic carbocycles. The van der Waals surface area contributed by atoms with Crippen LogP contribution in [0.25, 0.3) is 0 Å². The van der Waals surface area contributed by atoms with Gasteiger partial charge in [0.05, 0.1) is 19.3 Å². The SMILES string of the molecule is CC1COCCN1[C@H]1CCC[C@@H]1O. The summed E-state index contributed by atoms with van der Waals surface area (Å²) in [5.41, 5.74) is 0. The van der Waals surface area contributed by atoms with E-state index in [9.17, 15) is 5.11 Å². The Morgan fingerprint density at radius 3 is 2.85 bits per heavy atom. The third kappa shape index (κ3) is 1.87. The molecule has 0 radical (unpaired) electrons. The molecule has 0 amide bonds. The summed E-state index contributed by atoms with van der Waals surface area (Å²) in [7, 11) is 0. The minimum absolute atomic E-state index is 0.0967. The highest BCUT2D eigenvalue weighted by molar-refractivity contribution is 4.88. The van der Waals surface area contributed by atoms with Crippen LogP contribution < -0.4 is 0 Å². The van der Waals surface area contributed by atoms with Gasteiger partial charge in [-0.3, -0.25) is 4.90 Å². The maximum Gasteiger partial charge on any atom is 0.0695 e. The summed E-state index contributed by atoms with van der Waals surface area (Å²) in [6.45, 7) is 4.82. The molecule has 1 N–H and O–H groups in total. The van der Waals surface area contributed by atoms with E-state index in [2.05, 4.69) is 11.8 Å². The zero-order chi connectivity index (χ0) is 9.26. The molecule has 1 aliphatic carbocycles. The number of aliphatic hydroxyl groups is 1. The van der Waals surface area contributed by atoms with Crippen molar-refractivity contribution in [2.45, 2.75) is 44.4 Å². The fourth-order valence-corrected chi connectivity index (χ4v) is 2.54. The molecule has 3 nitrogen and oxygen atoms in total. The summed E-state index contributed by atoms with van der Waals surface area (Å²) in [4.78, 5) is 2.42. The molecular weight excluding hydrogens is 166 g/mol. The predicted molar refractivity (Wildman–Crippen MR) is 50.6 cm³/mol. The monoisotopic (exact) mass is 185 g/mol. The Balaban J connectivity index is 1.97. The average Bonchev–Trinajstić information content (AvgIpc) is 2.52. The molecule has 1 heterocycles. The molecule has 2 fully saturated rings. The fourth-order valence-electron chi connectivity index (χ4n) is 2.54. The van der Waals surface area contributed by atoms with Crippen LogP contribution in [0.1, 0.15) is 26.2 Å². The molecule has 1 aliphatic heterocycles. The Morgan fingerprint density at radius 2 is 2.23 bits per heavy atom. The first kappa shape index (κ1) is 9.44. The minimum atomic E-state index is -0.0967. The van der Waals surface area contributed by atoms with Gasteiger partial charge in [-0.25, -0.2) is 0 Å². The van der Waals surface area contributed by atoms with Crippen LogP contribution in [0.2, 0.25) is 0 Å². The summed E-state index contributed by atoms with van der Waals surface area (Å²) in [5, 5.41) is 9.78. The molecular formula is C10H19NO2. The molecule has 1 saturated heterocycles. The molecule has 76 valence electrons. The largest absolute Gasteiger partial charge is 0.391 e. The summed E-state index contributed by atoms with van der Waals surface area (Å²) >= 11 is 0. The van der Waals surface area contributed by atoms with Crippen molar-refractivity contribution in [1.82, 2.24) is 4.90 Å². The molecule has 0 aromatic rings. The molecule has 1 unspecified atom stereocenters. The highest BCUT2D eigenvalue weighted by atomic mass is 16.5. The van der Waals surface area contributed by atoms with E-state index in [-0.39, 0.29) is 6.10 Å². The second-order valence-corrected chi connectivity index (χ2v) is 4.23. The van der Waals surface area contributed by atoms with Crippen LogP contribution in [-0.2, 0) is 4.74 Å². The van der Waals surface area contributed by atoms with E-state index in [0.29, 0.717) is 12.1 Å². The van der Waals surface area contributed by atoms with Gasteiger partial charge in [-0.15, -0.1) is 0 Å². The van der Waals surface area contributed by atoms with E-state index >= 15 is 0 Å². The first-order chi connectivity index (χ1) is 6.29. The summed E-state index contributed by atoms with van der Waals surface area (Å²) in [6, 6.07) is 0.880. The van der Waals surface area contributed by atoms with Gasteiger partial charge >= 0.3 is 0 Å². The summed E-state index contributed by atoms with van der Waals surface area (Å²) in [5.74, 6) is 0. The van der Waals surface area contributed by atoms with E-state index < -0.39 is 0 Å². The highest BCUT2D eigenvalue weighted by Gasteiger charge is 2.34. The third-order valence-corrected chi connectivity index (χ3v) is 3.29. The standard InChI is InChI=1S/C10H19NO2/c1-8-7-13-6-5-11(8)9-3-2-4-10(9)12/h8-10,12H,2-7H2,1H3/t8?,9-,10-/m0/s1. The van der Waals surface area contributed by atoms with E-state index in [1.165, 1.54) is 6.42 Å². The van der Waals surface area contributed by atoms with Crippen molar-refractivity contribution < 1.29 is 9.84 Å². The molecule has 0 aromatic heterocycles. The van der Waals surface area contributed by atoms with Gasteiger partial charge in [-0.2, -0.15) is 0 Å².